The van der Waals surface area contributed by atoms with Crippen LogP contribution in [-0.4, -0.2) is 14.5 Å². The summed E-state index contributed by atoms with van der Waals surface area (Å²) in [5.41, 5.74) is 3.23. The molecule has 2 heterocycles. The molecule has 0 aliphatic rings. The van der Waals surface area contributed by atoms with Gasteiger partial charge in [0.1, 0.15) is 0 Å². The molecule has 0 aromatic carbocycles. The number of imidazole rings is 1. The molecular formula is C13H19N3S. The smallest absolute Gasteiger partial charge is 0.179 e. The van der Waals surface area contributed by atoms with Crippen LogP contribution in [0.1, 0.15) is 26.3 Å². The molecule has 4 heteroatoms. The van der Waals surface area contributed by atoms with Gasteiger partial charge in [-0.15, -0.1) is 0 Å². The van der Waals surface area contributed by atoms with Crippen molar-refractivity contribution < 1.29 is 0 Å². The summed E-state index contributed by atoms with van der Waals surface area (Å²) < 4.78 is 2.89. The van der Waals surface area contributed by atoms with Gasteiger partial charge >= 0.3 is 0 Å². The number of fused-ring (bicyclic) bond motifs is 1. The average molecular weight is 249 g/mol. The van der Waals surface area contributed by atoms with Crippen molar-refractivity contribution in [3.63, 3.8) is 0 Å². The van der Waals surface area contributed by atoms with Gasteiger partial charge in [0.2, 0.25) is 0 Å². The van der Waals surface area contributed by atoms with E-state index in [2.05, 4.69) is 42.2 Å². The first-order valence-corrected chi connectivity index (χ1v) is 6.45. The minimum Gasteiger partial charge on any atom is -0.329 e. The molecule has 0 spiro atoms. The molecule has 1 unspecified atom stereocenters. The second-order valence-electron chi connectivity index (χ2n) is 5.09. The zero-order chi connectivity index (χ0) is 12.6. The van der Waals surface area contributed by atoms with E-state index < -0.39 is 0 Å². The second-order valence-corrected chi connectivity index (χ2v) is 5.48. The summed E-state index contributed by atoms with van der Waals surface area (Å²) in [6.45, 7) is 9.73. The van der Waals surface area contributed by atoms with Crippen molar-refractivity contribution in [3.05, 3.63) is 22.6 Å². The highest BCUT2D eigenvalue weighted by molar-refractivity contribution is 7.71. The summed E-state index contributed by atoms with van der Waals surface area (Å²) in [5.74, 6) is 1.23. The lowest BCUT2D eigenvalue weighted by molar-refractivity contribution is 0.366. The van der Waals surface area contributed by atoms with Gasteiger partial charge in [0.05, 0.1) is 5.52 Å². The molecule has 2 rings (SSSR count). The number of aryl methyl sites for hydroxylation is 1. The normalized spacial score (nSPS) is 13.5. The standard InChI is InChI=1S/C13H19N3S/c1-8(2)10(4)7-16-12-11(15-13(16)17)9(3)5-6-14-12/h5-6,8,10H,7H2,1-4H3,(H,15,17). The van der Waals surface area contributed by atoms with Crippen molar-refractivity contribution in [3.8, 4) is 0 Å². The zero-order valence-electron chi connectivity index (χ0n) is 10.8. The van der Waals surface area contributed by atoms with Gasteiger partial charge in [-0.1, -0.05) is 20.8 Å². The number of aromatic amines is 1. The van der Waals surface area contributed by atoms with Crippen molar-refractivity contribution in [2.24, 2.45) is 11.8 Å². The minimum absolute atomic E-state index is 0.586. The van der Waals surface area contributed by atoms with Gasteiger partial charge < -0.3 is 9.55 Å². The molecule has 17 heavy (non-hydrogen) atoms. The predicted molar refractivity (Wildman–Crippen MR) is 73.7 cm³/mol. The highest BCUT2D eigenvalue weighted by Crippen LogP contribution is 2.19. The van der Waals surface area contributed by atoms with Crippen molar-refractivity contribution >= 4 is 23.4 Å². The molecule has 1 N–H and O–H groups in total. The Morgan fingerprint density at radius 2 is 2.12 bits per heavy atom. The van der Waals surface area contributed by atoms with Crippen LogP contribution in [0, 0.1) is 23.5 Å². The fraction of sp³-hybridized carbons (Fsp3) is 0.538. The van der Waals surface area contributed by atoms with Crippen LogP contribution in [0.4, 0.5) is 0 Å². The Bertz CT molecular complexity index is 580. The van der Waals surface area contributed by atoms with Crippen molar-refractivity contribution in [1.82, 2.24) is 14.5 Å². The van der Waals surface area contributed by atoms with Crippen molar-refractivity contribution in [1.29, 1.82) is 0 Å². The molecule has 0 bridgehead atoms. The van der Waals surface area contributed by atoms with Crippen LogP contribution in [0.3, 0.4) is 0 Å². The van der Waals surface area contributed by atoms with E-state index >= 15 is 0 Å². The fourth-order valence-electron chi connectivity index (χ4n) is 1.84. The van der Waals surface area contributed by atoms with Gasteiger partial charge in [0, 0.05) is 12.7 Å². The number of aromatic nitrogens is 3. The van der Waals surface area contributed by atoms with Gasteiger partial charge in [-0.2, -0.15) is 0 Å². The molecule has 0 saturated carbocycles. The molecule has 0 aliphatic heterocycles. The molecule has 3 nitrogen and oxygen atoms in total. The predicted octanol–water partition coefficient (Wildman–Crippen LogP) is 3.69. The fourth-order valence-corrected chi connectivity index (χ4v) is 2.10. The molecule has 2 aromatic rings. The van der Waals surface area contributed by atoms with Crippen molar-refractivity contribution in [2.75, 3.05) is 0 Å². The average Bonchev–Trinajstić information content (AvgIpc) is 2.58. The van der Waals surface area contributed by atoms with E-state index in [9.17, 15) is 0 Å². The third kappa shape index (κ3) is 2.27. The third-order valence-electron chi connectivity index (χ3n) is 3.48. The Morgan fingerprint density at radius 1 is 1.41 bits per heavy atom. The molecular weight excluding hydrogens is 230 g/mol. The van der Waals surface area contributed by atoms with Crippen LogP contribution >= 0.6 is 12.2 Å². The molecule has 0 radical (unpaired) electrons. The van der Waals surface area contributed by atoms with E-state index in [1.165, 1.54) is 5.56 Å². The number of H-pyrrole nitrogens is 1. The van der Waals surface area contributed by atoms with E-state index in [0.717, 1.165) is 22.5 Å². The second kappa shape index (κ2) is 4.61. The summed E-state index contributed by atoms with van der Waals surface area (Å²) >= 11 is 5.38. The largest absolute Gasteiger partial charge is 0.329 e. The Balaban J connectivity index is 2.51. The summed E-state index contributed by atoms with van der Waals surface area (Å²) in [7, 11) is 0. The quantitative estimate of drug-likeness (QED) is 0.842. The number of pyridine rings is 1. The van der Waals surface area contributed by atoms with E-state index in [0.29, 0.717) is 11.8 Å². The highest BCUT2D eigenvalue weighted by Gasteiger charge is 2.12. The number of rotatable bonds is 3. The van der Waals surface area contributed by atoms with Gasteiger partial charge in [0.25, 0.3) is 0 Å². The SMILES string of the molecule is Cc1ccnc2c1[nH]c(=S)n2CC(C)C(C)C. The topological polar surface area (TPSA) is 33.6 Å². The van der Waals surface area contributed by atoms with Gasteiger partial charge in [-0.25, -0.2) is 4.98 Å². The van der Waals surface area contributed by atoms with E-state index in [1.807, 2.05) is 12.3 Å². The lowest BCUT2D eigenvalue weighted by Crippen LogP contribution is -2.13. The first kappa shape index (κ1) is 12.3. The van der Waals surface area contributed by atoms with Crippen LogP contribution in [0.2, 0.25) is 0 Å². The van der Waals surface area contributed by atoms with Gasteiger partial charge in [0.15, 0.2) is 10.4 Å². The number of nitrogens with zero attached hydrogens (tertiary/aromatic N) is 2. The highest BCUT2D eigenvalue weighted by atomic mass is 32.1. The maximum absolute atomic E-state index is 5.38. The summed E-state index contributed by atoms with van der Waals surface area (Å²) in [4.78, 5) is 7.70. The molecule has 1 atom stereocenters. The summed E-state index contributed by atoms with van der Waals surface area (Å²) in [6.07, 6.45) is 1.84. The summed E-state index contributed by atoms with van der Waals surface area (Å²) in [6, 6.07) is 2.00. The number of nitrogens with one attached hydrogen (secondary N) is 1. The Kier molecular flexibility index (Phi) is 3.33. The Labute approximate surface area is 107 Å². The minimum atomic E-state index is 0.586. The van der Waals surface area contributed by atoms with Crippen LogP contribution in [0.25, 0.3) is 11.2 Å². The first-order valence-electron chi connectivity index (χ1n) is 6.05. The lowest BCUT2D eigenvalue weighted by atomic mass is 9.98. The van der Waals surface area contributed by atoms with Crippen LogP contribution < -0.4 is 0 Å². The number of hydrogen-bond donors (Lipinski definition) is 1. The molecule has 2 aromatic heterocycles. The Hall–Kier alpha value is -1.16. The number of hydrogen-bond acceptors (Lipinski definition) is 2. The van der Waals surface area contributed by atoms with Gasteiger partial charge in [-0.05, 0) is 42.6 Å². The van der Waals surface area contributed by atoms with Gasteiger partial charge in [-0.3, -0.25) is 0 Å². The Morgan fingerprint density at radius 3 is 2.76 bits per heavy atom. The van der Waals surface area contributed by atoms with E-state index in [4.69, 9.17) is 12.2 Å². The monoisotopic (exact) mass is 249 g/mol. The van der Waals surface area contributed by atoms with E-state index in [1.54, 1.807) is 0 Å². The molecule has 0 amide bonds. The third-order valence-corrected chi connectivity index (χ3v) is 3.80. The maximum atomic E-state index is 5.38. The van der Waals surface area contributed by atoms with Crippen LogP contribution in [-0.2, 0) is 6.54 Å². The summed E-state index contributed by atoms with van der Waals surface area (Å²) in [5, 5.41) is 0. The molecule has 0 saturated heterocycles. The van der Waals surface area contributed by atoms with Crippen LogP contribution in [0.5, 0.6) is 0 Å². The zero-order valence-corrected chi connectivity index (χ0v) is 11.6. The van der Waals surface area contributed by atoms with E-state index in [-0.39, 0.29) is 0 Å². The maximum Gasteiger partial charge on any atom is 0.179 e. The first-order chi connectivity index (χ1) is 8.00. The molecule has 0 aliphatic carbocycles. The molecule has 92 valence electrons. The van der Waals surface area contributed by atoms with Crippen LogP contribution in [0.15, 0.2) is 12.3 Å². The van der Waals surface area contributed by atoms with Crippen molar-refractivity contribution in [2.45, 2.75) is 34.2 Å². The molecule has 0 fully saturated rings. The lowest BCUT2D eigenvalue weighted by Gasteiger charge is -2.16.